The molecule has 0 saturated carbocycles. The Morgan fingerprint density at radius 3 is 2.50 bits per heavy atom. The van der Waals surface area contributed by atoms with E-state index in [-0.39, 0.29) is 17.5 Å². The summed E-state index contributed by atoms with van der Waals surface area (Å²) in [6.45, 7) is 1.77. The van der Waals surface area contributed by atoms with Crippen LogP contribution in [0, 0.1) is 11.6 Å². The van der Waals surface area contributed by atoms with E-state index >= 15 is 0 Å². The molecule has 5 heteroatoms. The number of ether oxygens (including phenoxy) is 1. The molecular formula is C15H14BrF2NO. The van der Waals surface area contributed by atoms with Crippen molar-refractivity contribution >= 4 is 21.6 Å². The zero-order valence-electron chi connectivity index (χ0n) is 11.1. The maximum absolute atomic E-state index is 13.9. The number of methoxy groups -OCH3 is 1. The molecule has 2 aromatic carbocycles. The summed E-state index contributed by atoms with van der Waals surface area (Å²) in [5, 5.41) is 2.95. The summed E-state index contributed by atoms with van der Waals surface area (Å²) in [6, 6.07) is 8.81. The molecule has 106 valence electrons. The van der Waals surface area contributed by atoms with Gasteiger partial charge in [-0.25, -0.2) is 8.78 Å². The van der Waals surface area contributed by atoms with E-state index in [4.69, 9.17) is 4.74 Å². The molecule has 0 spiro atoms. The van der Waals surface area contributed by atoms with Crippen molar-refractivity contribution in [3.8, 4) is 5.75 Å². The lowest BCUT2D eigenvalue weighted by Gasteiger charge is -2.17. The topological polar surface area (TPSA) is 21.3 Å². The van der Waals surface area contributed by atoms with E-state index in [2.05, 4.69) is 21.2 Å². The quantitative estimate of drug-likeness (QED) is 0.853. The Labute approximate surface area is 124 Å². The van der Waals surface area contributed by atoms with Crippen molar-refractivity contribution in [1.82, 2.24) is 0 Å². The van der Waals surface area contributed by atoms with Gasteiger partial charge in [-0.3, -0.25) is 0 Å². The molecule has 20 heavy (non-hydrogen) atoms. The molecule has 1 unspecified atom stereocenters. The number of benzene rings is 2. The first-order valence-corrected chi connectivity index (χ1v) is 6.85. The molecule has 0 aliphatic heterocycles. The fourth-order valence-corrected chi connectivity index (χ4v) is 2.24. The first-order chi connectivity index (χ1) is 9.51. The van der Waals surface area contributed by atoms with E-state index in [1.54, 1.807) is 25.1 Å². The van der Waals surface area contributed by atoms with Crippen LogP contribution in [0.15, 0.2) is 40.9 Å². The van der Waals surface area contributed by atoms with Gasteiger partial charge in [-0.05, 0) is 31.2 Å². The number of halogens is 3. The van der Waals surface area contributed by atoms with Crippen LogP contribution in [0.2, 0.25) is 0 Å². The maximum Gasteiger partial charge on any atom is 0.146 e. The fourth-order valence-electron chi connectivity index (χ4n) is 1.91. The minimum Gasteiger partial charge on any atom is -0.497 e. The molecule has 2 aromatic rings. The highest BCUT2D eigenvalue weighted by molar-refractivity contribution is 9.10. The van der Waals surface area contributed by atoms with Gasteiger partial charge in [0.2, 0.25) is 0 Å². The van der Waals surface area contributed by atoms with Gasteiger partial charge in [0, 0.05) is 16.1 Å². The minimum atomic E-state index is -0.407. The number of anilines is 1. The second kappa shape index (κ2) is 6.22. The molecule has 0 fully saturated rings. The van der Waals surface area contributed by atoms with Gasteiger partial charge >= 0.3 is 0 Å². The number of hydrogen-bond donors (Lipinski definition) is 1. The average Bonchev–Trinajstić information content (AvgIpc) is 2.41. The van der Waals surface area contributed by atoms with E-state index in [1.807, 2.05) is 0 Å². The van der Waals surface area contributed by atoms with E-state index in [0.29, 0.717) is 15.8 Å². The lowest BCUT2D eigenvalue weighted by molar-refractivity contribution is 0.414. The Kier molecular flexibility index (Phi) is 4.60. The Morgan fingerprint density at radius 1 is 1.10 bits per heavy atom. The highest BCUT2D eigenvalue weighted by Crippen LogP contribution is 2.27. The lowest BCUT2D eigenvalue weighted by Crippen LogP contribution is -2.10. The molecule has 0 aliphatic carbocycles. The summed E-state index contributed by atoms with van der Waals surface area (Å²) in [5.74, 6) is -0.213. The van der Waals surface area contributed by atoms with Gasteiger partial charge in [0.25, 0.3) is 0 Å². The number of nitrogens with one attached hydrogen (secondary N) is 1. The Bertz CT molecular complexity index is 619. The van der Waals surface area contributed by atoms with Crippen molar-refractivity contribution in [3.05, 3.63) is 58.1 Å². The summed E-state index contributed by atoms with van der Waals surface area (Å²) >= 11 is 3.21. The third-order valence-corrected chi connectivity index (χ3v) is 3.47. The van der Waals surface area contributed by atoms with Gasteiger partial charge in [-0.15, -0.1) is 0 Å². The summed E-state index contributed by atoms with van der Waals surface area (Å²) in [5.41, 5.74) is 0.745. The predicted octanol–water partition coefficient (Wildman–Crippen LogP) is 4.91. The van der Waals surface area contributed by atoms with E-state index in [9.17, 15) is 8.78 Å². The monoisotopic (exact) mass is 341 g/mol. The summed E-state index contributed by atoms with van der Waals surface area (Å²) < 4.78 is 33.3. The van der Waals surface area contributed by atoms with E-state index in [1.165, 1.54) is 25.3 Å². The van der Waals surface area contributed by atoms with Crippen molar-refractivity contribution in [2.75, 3.05) is 12.4 Å². The lowest BCUT2D eigenvalue weighted by atomic mass is 10.1. The summed E-state index contributed by atoms with van der Waals surface area (Å²) in [7, 11) is 1.51. The molecule has 0 amide bonds. The Morgan fingerprint density at radius 2 is 1.85 bits per heavy atom. The third kappa shape index (κ3) is 3.28. The zero-order chi connectivity index (χ0) is 14.7. The van der Waals surface area contributed by atoms with Crippen LogP contribution in [0.25, 0.3) is 0 Å². The van der Waals surface area contributed by atoms with Gasteiger partial charge < -0.3 is 10.1 Å². The predicted molar refractivity (Wildman–Crippen MR) is 79.1 cm³/mol. The van der Waals surface area contributed by atoms with Gasteiger partial charge in [0.05, 0.1) is 18.8 Å². The molecular weight excluding hydrogens is 328 g/mol. The third-order valence-electron chi connectivity index (χ3n) is 2.97. The van der Waals surface area contributed by atoms with Crippen LogP contribution >= 0.6 is 15.9 Å². The fraction of sp³-hybridized carbons (Fsp3) is 0.200. The van der Waals surface area contributed by atoms with Gasteiger partial charge in [0.1, 0.15) is 17.4 Å². The highest BCUT2D eigenvalue weighted by Gasteiger charge is 2.13. The molecule has 1 N–H and O–H groups in total. The van der Waals surface area contributed by atoms with Crippen LogP contribution in [0.1, 0.15) is 18.5 Å². The van der Waals surface area contributed by atoms with Crippen LogP contribution in [0.4, 0.5) is 14.5 Å². The largest absolute Gasteiger partial charge is 0.497 e. The second-order valence-corrected chi connectivity index (χ2v) is 5.29. The van der Waals surface area contributed by atoms with Gasteiger partial charge in [-0.1, -0.05) is 22.0 Å². The van der Waals surface area contributed by atoms with Crippen LogP contribution < -0.4 is 10.1 Å². The zero-order valence-corrected chi connectivity index (χ0v) is 12.7. The van der Waals surface area contributed by atoms with Crippen LogP contribution in [-0.4, -0.2) is 7.11 Å². The van der Waals surface area contributed by atoms with Gasteiger partial charge in [0.15, 0.2) is 0 Å². The molecule has 0 aliphatic rings. The number of rotatable bonds is 4. The first kappa shape index (κ1) is 14.8. The number of hydrogen-bond acceptors (Lipinski definition) is 2. The normalized spacial score (nSPS) is 12.1. The standard InChI is InChI=1S/C15H14BrF2NO/c1-9(12-5-3-10(16)7-14(12)18)19-15-8-11(20-2)4-6-13(15)17/h3-9,19H,1-2H3. The second-order valence-electron chi connectivity index (χ2n) is 4.38. The molecule has 0 heterocycles. The van der Waals surface area contributed by atoms with Crippen molar-refractivity contribution < 1.29 is 13.5 Å². The first-order valence-electron chi connectivity index (χ1n) is 6.06. The molecule has 0 aromatic heterocycles. The minimum absolute atomic E-state index is 0.277. The SMILES string of the molecule is COc1ccc(F)c(NC(C)c2ccc(Br)cc2F)c1. The van der Waals surface area contributed by atoms with Crippen molar-refractivity contribution in [2.45, 2.75) is 13.0 Å². The molecule has 2 nitrogen and oxygen atoms in total. The average molecular weight is 342 g/mol. The van der Waals surface area contributed by atoms with Crippen molar-refractivity contribution in [2.24, 2.45) is 0 Å². The molecule has 1 atom stereocenters. The molecule has 0 radical (unpaired) electrons. The van der Waals surface area contributed by atoms with Crippen LogP contribution in [0.3, 0.4) is 0 Å². The Balaban J connectivity index is 2.25. The maximum atomic E-state index is 13.9. The Hall–Kier alpha value is -1.62. The van der Waals surface area contributed by atoms with Crippen molar-refractivity contribution in [1.29, 1.82) is 0 Å². The molecule has 0 bridgehead atoms. The highest BCUT2D eigenvalue weighted by atomic mass is 79.9. The van der Waals surface area contributed by atoms with Crippen molar-refractivity contribution in [3.63, 3.8) is 0 Å². The van der Waals surface area contributed by atoms with Crippen LogP contribution in [0.5, 0.6) is 5.75 Å². The van der Waals surface area contributed by atoms with Gasteiger partial charge in [-0.2, -0.15) is 0 Å². The molecule has 0 saturated heterocycles. The van der Waals surface area contributed by atoms with E-state index in [0.717, 1.165) is 0 Å². The summed E-state index contributed by atoms with van der Waals surface area (Å²) in [6.07, 6.45) is 0. The van der Waals surface area contributed by atoms with Crippen LogP contribution in [-0.2, 0) is 0 Å². The summed E-state index contributed by atoms with van der Waals surface area (Å²) in [4.78, 5) is 0. The smallest absolute Gasteiger partial charge is 0.146 e. The molecule has 2 rings (SSSR count). The van der Waals surface area contributed by atoms with E-state index < -0.39 is 5.82 Å².